The third kappa shape index (κ3) is 3.74. The monoisotopic (exact) mass is 288 g/mol. The van der Waals surface area contributed by atoms with Crippen LogP contribution >= 0.6 is 11.6 Å². The number of aryl methyl sites for hydroxylation is 1. The largest absolute Gasteiger partial charge is 0.383 e. The highest BCUT2D eigenvalue weighted by Gasteiger charge is 2.27. The van der Waals surface area contributed by atoms with E-state index in [2.05, 4.69) is 9.97 Å². The van der Waals surface area contributed by atoms with E-state index in [4.69, 9.17) is 16.3 Å². The first-order chi connectivity index (χ1) is 8.88. The number of rotatable bonds is 6. The van der Waals surface area contributed by atoms with E-state index in [-0.39, 0.29) is 28.5 Å². The summed E-state index contributed by atoms with van der Waals surface area (Å²) in [5.74, 6) is 0.231. The van der Waals surface area contributed by atoms with Crippen LogP contribution in [0.3, 0.4) is 0 Å². The Morgan fingerprint density at radius 3 is 2.58 bits per heavy atom. The van der Waals surface area contributed by atoms with E-state index in [0.717, 1.165) is 0 Å². The smallest absolute Gasteiger partial charge is 0.332 e. The van der Waals surface area contributed by atoms with E-state index in [1.54, 1.807) is 18.9 Å². The SMILES string of the molecule is COCCN(c1nc(Cl)nc(C)c1[N+](=O)[O-])C(C)C. The molecule has 0 aliphatic rings. The Morgan fingerprint density at radius 1 is 1.47 bits per heavy atom. The molecule has 0 saturated heterocycles. The molecule has 7 nitrogen and oxygen atoms in total. The van der Waals surface area contributed by atoms with Crippen LogP contribution < -0.4 is 4.90 Å². The van der Waals surface area contributed by atoms with Crippen LogP contribution in [0.4, 0.5) is 11.5 Å². The van der Waals surface area contributed by atoms with Crippen molar-refractivity contribution in [1.29, 1.82) is 0 Å². The van der Waals surface area contributed by atoms with E-state index in [1.807, 2.05) is 13.8 Å². The molecule has 1 aromatic heterocycles. The Labute approximate surface area is 116 Å². The summed E-state index contributed by atoms with van der Waals surface area (Å²) < 4.78 is 5.02. The predicted molar refractivity (Wildman–Crippen MR) is 72.8 cm³/mol. The minimum Gasteiger partial charge on any atom is -0.383 e. The summed E-state index contributed by atoms with van der Waals surface area (Å²) in [5.41, 5.74) is 0.136. The van der Waals surface area contributed by atoms with Crippen LogP contribution in [-0.4, -0.2) is 41.2 Å². The van der Waals surface area contributed by atoms with Gasteiger partial charge in [0.1, 0.15) is 5.69 Å². The van der Waals surface area contributed by atoms with E-state index < -0.39 is 4.92 Å². The number of nitro groups is 1. The second-order valence-electron chi connectivity index (χ2n) is 4.29. The molecule has 0 aliphatic carbocycles. The van der Waals surface area contributed by atoms with Crippen molar-refractivity contribution in [2.75, 3.05) is 25.2 Å². The molecule has 0 spiro atoms. The molecule has 106 valence electrons. The molecule has 1 aromatic rings. The highest BCUT2D eigenvalue weighted by molar-refractivity contribution is 6.28. The van der Waals surface area contributed by atoms with Crippen molar-refractivity contribution in [3.8, 4) is 0 Å². The summed E-state index contributed by atoms with van der Waals surface area (Å²) in [4.78, 5) is 20.3. The number of ether oxygens (including phenoxy) is 1. The molecular formula is C11H17ClN4O3. The molecule has 0 N–H and O–H groups in total. The number of halogens is 1. The van der Waals surface area contributed by atoms with Gasteiger partial charge in [-0.15, -0.1) is 0 Å². The van der Waals surface area contributed by atoms with Gasteiger partial charge in [0.05, 0.1) is 11.5 Å². The van der Waals surface area contributed by atoms with Crippen molar-refractivity contribution in [1.82, 2.24) is 9.97 Å². The standard InChI is InChI=1S/C11H17ClN4O3/c1-7(2)15(5-6-19-4)10-9(16(17)18)8(3)13-11(12)14-10/h7H,5-6H2,1-4H3. The zero-order valence-electron chi connectivity index (χ0n) is 11.4. The number of aromatic nitrogens is 2. The van der Waals surface area contributed by atoms with E-state index >= 15 is 0 Å². The van der Waals surface area contributed by atoms with Crippen molar-refractivity contribution in [2.45, 2.75) is 26.8 Å². The lowest BCUT2D eigenvalue weighted by Gasteiger charge is -2.27. The van der Waals surface area contributed by atoms with E-state index in [9.17, 15) is 10.1 Å². The highest BCUT2D eigenvalue weighted by atomic mass is 35.5. The van der Waals surface area contributed by atoms with Gasteiger partial charge in [-0.3, -0.25) is 10.1 Å². The molecule has 0 saturated carbocycles. The molecule has 0 atom stereocenters. The lowest BCUT2D eigenvalue weighted by Crippen LogP contribution is -2.35. The molecule has 0 aliphatic heterocycles. The normalized spacial score (nSPS) is 10.8. The summed E-state index contributed by atoms with van der Waals surface area (Å²) in [7, 11) is 1.57. The Hall–Kier alpha value is -1.47. The first-order valence-electron chi connectivity index (χ1n) is 5.82. The summed E-state index contributed by atoms with van der Waals surface area (Å²) in [6, 6.07) is 0.0271. The minimum atomic E-state index is -0.483. The number of hydrogen-bond acceptors (Lipinski definition) is 6. The van der Waals surface area contributed by atoms with Gasteiger partial charge in [0.15, 0.2) is 0 Å². The molecule has 1 heterocycles. The summed E-state index contributed by atoms with van der Waals surface area (Å²) in [5, 5.41) is 11.2. The van der Waals surface area contributed by atoms with E-state index in [1.165, 1.54) is 0 Å². The average Bonchev–Trinajstić information content (AvgIpc) is 2.27. The van der Waals surface area contributed by atoms with Gasteiger partial charge in [0, 0.05) is 19.7 Å². The van der Waals surface area contributed by atoms with Gasteiger partial charge in [-0.05, 0) is 32.4 Å². The number of anilines is 1. The second-order valence-corrected chi connectivity index (χ2v) is 4.63. The Morgan fingerprint density at radius 2 is 2.11 bits per heavy atom. The Bertz CT molecular complexity index is 467. The fraction of sp³-hybridized carbons (Fsp3) is 0.636. The molecular weight excluding hydrogens is 272 g/mol. The van der Waals surface area contributed by atoms with Crippen molar-refractivity contribution >= 4 is 23.1 Å². The van der Waals surface area contributed by atoms with Crippen molar-refractivity contribution in [2.24, 2.45) is 0 Å². The summed E-state index contributed by atoms with van der Waals surface area (Å²) in [6.45, 7) is 6.32. The third-order valence-electron chi connectivity index (χ3n) is 2.63. The molecule has 1 rings (SSSR count). The molecule has 0 fully saturated rings. The van der Waals surface area contributed by atoms with E-state index in [0.29, 0.717) is 13.2 Å². The lowest BCUT2D eigenvalue weighted by atomic mass is 10.2. The summed E-state index contributed by atoms with van der Waals surface area (Å²) in [6.07, 6.45) is 0. The van der Waals surface area contributed by atoms with Gasteiger partial charge < -0.3 is 9.64 Å². The molecule has 19 heavy (non-hydrogen) atoms. The molecule has 0 unspecified atom stereocenters. The fourth-order valence-electron chi connectivity index (χ4n) is 1.73. The topological polar surface area (TPSA) is 81.4 Å². The molecule has 0 bridgehead atoms. The second kappa shape index (κ2) is 6.63. The maximum Gasteiger partial charge on any atom is 0.332 e. The molecule has 0 amide bonds. The zero-order chi connectivity index (χ0) is 14.6. The van der Waals surface area contributed by atoms with Gasteiger partial charge in [-0.1, -0.05) is 0 Å². The maximum absolute atomic E-state index is 11.2. The minimum absolute atomic E-state index is 0.00108. The molecule has 0 radical (unpaired) electrons. The average molecular weight is 289 g/mol. The lowest BCUT2D eigenvalue weighted by molar-refractivity contribution is -0.385. The molecule has 0 aromatic carbocycles. The third-order valence-corrected chi connectivity index (χ3v) is 2.80. The number of hydrogen-bond donors (Lipinski definition) is 0. The Balaban J connectivity index is 3.31. The quantitative estimate of drug-likeness (QED) is 0.453. The van der Waals surface area contributed by atoms with Crippen LogP contribution in [0, 0.1) is 17.0 Å². The fourth-order valence-corrected chi connectivity index (χ4v) is 1.94. The summed E-state index contributed by atoms with van der Waals surface area (Å²) >= 11 is 5.81. The van der Waals surface area contributed by atoms with Crippen molar-refractivity contribution < 1.29 is 9.66 Å². The number of methoxy groups -OCH3 is 1. The number of nitrogens with zero attached hydrogens (tertiary/aromatic N) is 4. The van der Waals surface area contributed by atoms with Crippen LogP contribution in [0.1, 0.15) is 19.5 Å². The first-order valence-corrected chi connectivity index (χ1v) is 6.20. The van der Waals surface area contributed by atoms with Gasteiger partial charge in [0.2, 0.25) is 11.1 Å². The van der Waals surface area contributed by atoms with Crippen molar-refractivity contribution in [3.05, 3.63) is 21.1 Å². The van der Waals surface area contributed by atoms with Gasteiger partial charge >= 0.3 is 5.69 Å². The highest BCUT2D eigenvalue weighted by Crippen LogP contribution is 2.30. The van der Waals surface area contributed by atoms with Crippen LogP contribution in [0.5, 0.6) is 0 Å². The Kier molecular flexibility index (Phi) is 5.44. The van der Waals surface area contributed by atoms with Gasteiger partial charge in [0.25, 0.3) is 0 Å². The van der Waals surface area contributed by atoms with Crippen LogP contribution in [0.25, 0.3) is 0 Å². The van der Waals surface area contributed by atoms with Crippen LogP contribution in [0.15, 0.2) is 0 Å². The zero-order valence-corrected chi connectivity index (χ0v) is 12.1. The molecule has 8 heteroatoms. The first kappa shape index (κ1) is 15.6. The maximum atomic E-state index is 11.2. The van der Waals surface area contributed by atoms with Crippen molar-refractivity contribution in [3.63, 3.8) is 0 Å². The van der Waals surface area contributed by atoms with Crippen LogP contribution in [-0.2, 0) is 4.74 Å². The predicted octanol–water partition coefficient (Wildman–Crippen LogP) is 2.21. The van der Waals surface area contributed by atoms with Gasteiger partial charge in [-0.25, -0.2) is 4.98 Å². The van der Waals surface area contributed by atoms with Gasteiger partial charge in [-0.2, -0.15) is 4.98 Å². The van der Waals surface area contributed by atoms with Crippen LogP contribution in [0.2, 0.25) is 5.28 Å².